The minimum Gasteiger partial charge on any atom is -0.301 e. The molecule has 0 bridgehead atoms. The summed E-state index contributed by atoms with van der Waals surface area (Å²) in [5.41, 5.74) is 1.41. The Hall–Kier alpha value is -2.27. The van der Waals surface area contributed by atoms with Crippen molar-refractivity contribution in [2.45, 2.75) is 31.1 Å². The number of hydrogen-bond donors (Lipinski definition) is 1. The molecule has 29 heavy (non-hydrogen) atoms. The molecule has 3 aromatic rings. The van der Waals surface area contributed by atoms with E-state index in [0.717, 1.165) is 5.56 Å². The number of aryl methyl sites for hydroxylation is 1. The Morgan fingerprint density at radius 1 is 1.38 bits per heavy atom. The lowest BCUT2D eigenvalue weighted by atomic mass is 9.83. The van der Waals surface area contributed by atoms with Gasteiger partial charge in [-0.3, -0.25) is 4.79 Å². The van der Waals surface area contributed by atoms with Gasteiger partial charge in [0.1, 0.15) is 4.60 Å². The van der Waals surface area contributed by atoms with E-state index in [2.05, 4.69) is 41.6 Å². The van der Waals surface area contributed by atoms with Crippen LogP contribution in [0.1, 0.15) is 30.7 Å². The predicted octanol–water partition coefficient (Wildman–Crippen LogP) is 4.25. The van der Waals surface area contributed by atoms with Crippen LogP contribution in [0, 0.1) is 5.92 Å². The summed E-state index contributed by atoms with van der Waals surface area (Å²) in [5.74, 6) is -3.76. The van der Waals surface area contributed by atoms with Gasteiger partial charge in [0.25, 0.3) is 0 Å². The van der Waals surface area contributed by atoms with Crippen molar-refractivity contribution in [2.75, 3.05) is 5.32 Å². The van der Waals surface area contributed by atoms with Gasteiger partial charge in [-0.05, 0) is 39.0 Å². The highest BCUT2D eigenvalue weighted by Crippen LogP contribution is 2.46. The fourth-order valence-electron chi connectivity index (χ4n) is 3.64. The second-order valence-corrected chi connectivity index (χ2v) is 8.70. The van der Waals surface area contributed by atoms with Crippen molar-refractivity contribution in [2.24, 2.45) is 13.0 Å². The van der Waals surface area contributed by atoms with Gasteiger partial charge in [0.05, 0.1) is 13.0 Å². The second kappa shape index (κ2) is 7.86. The fraction of sp³-hybridized carbons (Fsp3) is 0.389. The number of alkyl halides is 2. The highest BCUT2D eigenvalue weighted by atomic mass is 79.9. The molecule has 1 aliphatic rings. The average Bonchev–Trinajstić information content (AvgIpc) is 3.37. The van der Waals surface area contributed by atoms with Gasteiger partial charge in [0.15, 0.2) is 5.13 Å². The number of anilines is 1. The van der Waals surface area contributed by atoms with Crippen LogP contribution in [0.5, 0.6) is 0 Å². The number of aromatic nitrogens is 5. The number of thiazole rings is 1. The number of nitrogens with one attached hydrogen (secondary N) is 1. The Bertz CT molecular complexity index is 1020. The Morgan fingerprint density at radius 2 is 2.14 bits per heavy atom. The van der Waals surface area contributed by atoms with E-state index in [1.165, 1.54) is 16.1 Å². The Balaban J connectivity index is 1.61. The summed E-state index contributed by atoms with van der Waals surface area (Å²) in [4.78, 5) is 18.6. The molecule has 1 saturated carbocycles. The number of tetrazole rings is 1. The van der Waals surface area contributed by atoms with Crippen LogP contribution in [-0.4, -0.2) is 37.0 Å². The molecule has 4 rings (SSSR count). The number of benzene rings is 1. The number of amides is 1. The molecule has 1 aromatic carbocycles. The molecule has 1 amide bonds. The maximum absolute atomic E-state index is 13.9. The Kier molecular flexibility index (Phi) is 5.43. The molecule has 11 heteroatoms. The summed E-state index contributed by atoms with van der Waals surface area (Å²) >= 11 is 4.52. The van der Waals surface area contributed by atoms with E-state index in [9.17, 15) is 13.6 Å². The van der Waals surface area contributed by atoms with Crippen LogP contribution in [0.25, 0.3) is 11.4 Å². The van der Waals surface area contributed by atoms with Gasteiger partial charge < -0.3 is 5.32 Å². The van der Waals surface area contributed by atoms with Crippen molar-refractivity contribution in [3.05, 3.63) is 39.8 Å². The van der Waals surface area contributed by atoms with E-state index in [0.29, 0.717) is 27.5 Å². The first kappa shape index (κ1) is 20.0. The molecule has 0 aliphatic heterocycles. The number of carbonyl (C=O) groups is 1. The smallest absolute Gasteiger partial charge is 0.248 e. The third-order valence-corrected chi connectivity index (χ3v) is 6.41. The fourth-order valence-corrected chi connectivity index (χ4v) is 4.79. The van der Waals surface area contributed by atoms with Gasteiger partial charge in [-0.1, -0.05) is 24.3 Å². The quantitative estimate of drug-likeness (QED) is 0.587. The molecule has 0 radical (unpaired) electrons. The van der Waals surface area contributed by atoms with Gasteiger partial charge in [0.2, 0.25) is 17.7 Å². The Morgan fingerprint density at radius 3 is 2.69 bits per heavy atom. The average molecular weight is 483 g/mol. The molecule has 1 aliphatic carbocycles. The molecule has 2 atom stereocenters. The summed E-state index contributed by atoms with van der Waals surface area (Å²) in [6.07, 6.45) is -0.216. The highest BCUT2D eigenvalue weighted by molar-refractivity contribution is 9.10. The lowest BCUT2D eigenvalue weighted by molar-refractivity contribution is -0.118. The minimum atomic E-state index is -2.74. The standard InChI is InChI=1S/C18H17BrF2N6OS/c1-27-25-15(24-26-27)11-4-2-10(3-5-11)14(12-6-7-18(20,21)8-12)16(28)23-17-22-13(19)9-29-17/h2-5,9,12,14H,6-8H2,1H3,(H,22,23,28)/t12-,14+/m0/s1. The number of halogens is 3. The Labute approximate surface area is 177 Å². The van der Waals surface area contributed by atoms with Gasteiger partial charge in [0, 0.05) is 23.8 Å². The van der Waals surface area contributed by atoms with Crippen molar-refractivity contribution < 1.29 is 13.6 Å². The first-order valence-corrected chi connectivity index (χ1v) is 10.6. The van der Waals surface area contributed by atoms with Crippen LogP contribution in [0.4, 0.5) is 13.9 Å². The van der Waals surface area contributed by atoms with E-state index in [1.54, 1.807) is 36.7 Å². The summed E-state index contributed by atoms with van der Waals surface area (Å²) in [5, 5.41) is 16.9. The van der Waals surface area contributed by atoms with Crippen LogP contribution in [0.15, 0.2) is 34.2 Å². The van der Waals surface area contributed by atoms with E-state index >= 15 is 0 Å². The molecule has 0 unspecified atom stereocenters. The zero-order valence-electron chi connectivity index (χ0n) is 15.3. The van der Waals surface area contributed by atoms with Crippen molar-refractivity contribution in [1.82, 2.24) is 25.2 Å². The molecule has 0 saturated heterocycles. The van der Waals surface area contributed by atoms with Gasteiger partial charge in [-0.25, -0.2) is 13.8 Å². The summed E-state index contributed by atoms with van der Waals surface area (Å²) in [6.45, 7) is 0. The van der Waals surface area contributed by atoms with Gasteiger partial charge in [-0.15, -0.1) is 21.5 Å². The summed E-state index contributed by atoms with van der Waals surface area (Å²) < 4.78 is 28.4. The molecule has 1 N–H and O–H groups in total. The maximum Gasteiger partial charge on any atom is 0.248 e. The summed E-state index contributed by atoms with van der Waals surface area (Å²) in [6, 6.07) is 7.09. The zero-order chi connectivity index (χ0) is 20.6. The zero-order valence-corrected chi connectivity index (χ0v) is 17.8. The SMILES string of the molecule is Cn1nnc(-c2ccc([C@@H](C(=O)Nc3nc(Br)cs3)[C@H]3CCC(F)(F)C3)cc2)n1. The summed E-state index contributed by atoms with van der Waals surface area (Å²) in [7, 11) is 1.67. The lowest BCUT2D eigenvalue weighted by Crippen LogP contribution is -2.27. The highest BCUT2D eigenvalue weighted by Gasteiger charge is 2.45. The largest absolute Gasteiger partial charge is 0.301 e. The van der Waals surface area contributed by atoms with E-state index < -0.39 is 17.8 Å². The van der Waals surface area contributed by atoms with Crippen LogP contribution in [0.2, 0.25) is 0 Å². The maximum atomic E-state index is 13.9. The van der Waals surface area contributed by atoms with Gasteiger partial charge >= 0.3 is 0 Å². The van der Waals surface area contributed by atoms with Gasteiger partial charge in [-0.2, -0.15) is 4.80 Å². The van der Waals surface area contributed by atoms with E-state index in [-0.39, 0.29) is 18.7 Å². The van der Waals surface area contributed by atoms with Crippen molar-refractivity contribution in [3.8, 4) is 11.4 Å². The number of carbonyl (C=O) groups excluding carboxylic acids is 1. The first-order chi connectivity index (χ1) is 13.8. The van der Waals surface area contributed by atoms with Crippen molar-refractivity contribution in [1.29, 1.82) is 0 Å². The molecule has 152 valence electrons. The van der Waals surface area contributed by atoms with Crippen LogP contribution < -0.4 is 5.32 Å². The molecule has 2 aromatic heterocycles. The molecule has 7 nitrogen and oxygen atoms in total. The predicted molar refractivity (Wildman–Crippen MR) is 108 cm³/mol. The van der Waals surface area contributed by atoms with Crippen LogP contribution in [-0.2, 0) is 11.8 Å². The first-order valence-electron chi connectivity index (χ1n) is 8.95. The normalized spacial score (nSPS) is 19.2. The third-order valence-electron chi connectivity index (χ3n) is 4.94. The number of rotatable bonds is 5. The van der Waals surface area contributed by atoms with Crippen LogP contribution in [0.3, 0.4) is 0 Å². The molecule has 2 heterocycles. The number of nitrogens with zero attached hydrogens (tertiary/aromatic N) is 5. The van der Waals surface area contributed by atoms with Crippen LogP contribution >= 0.6 is 27.3 Å². The van der Waals surface area contributed by atoms with E-state index in [1.807, 2.05) is 0 Å². The molecule has 0 spiro atoms. The molecule has 1 fully saturated rings. The second-order valence-electron chi connectivity index (χ2n) is 7.03. The van der Waals surface area contributed by atoms with Crippen molar-refractivity contribution >= 4 is 38.3 Å². The van der Waals surface area contributed by atoms with E-state index in [4.69, 9.17) is 0 Å². The minimum absolute atomic E-state index is 0.203. The molecular weight excluding hydrogens is 466 g/mol. The lowest BCUT2D eigenvalue weighted by Gasteiger charge is -2.23. The monoisotopic (exact) mass is 482 g/mol. The third kappa shape index (κ3) is 4.50. The topological polar surface area (TPSA) is 85.6 Å². The molecular formula is C18H17BrF2N6OS. The number of hydrogen-bond acceptors (Lipinski definition) is 6. The van der Waals surface area contributed by atoms with Crippen molar-refractivity contribution in [3.63, 3.8) is 0 Å².